The number of halogens is 3. The molecule has 0 atom stereocenters. The van der Waals surface area contributed by atoms with Crippen LogP contribution in [0.2, 0.25) is 0 Å². The number of rotatable bonds is 12. The minimum Gasteiger partial charge on any atom is -1.00 e. The monoisotopic (exact) mass is 734 g/mol. The van der Waals surface area contributed by atoms with Gasteiger partial charge in [-0.2, -0.15) is 0 Å². The summed E-state index contributed by atoms with van der Waals surface area (Å²) in [5.41, 5.74) is 11.8. The van der Waals surface area contributed by atoms with E-state index in [1.54, 1.807) is 26.3 Å². The summed E-state index contributed by atoms with van der Waals surface area (Å²) in [6, 6.07) is 34.2. The van der Waals surface area contributed by atoms with Gasteiger partial charge in [0.25, 0.3) is 0 Å². The molecule has 0 spiro atoms. The average Bonchev–Trinajstić information content (AvgIpc) is 3.44. The van der Waals surface area contributed by atoms with Crippen molar-refractivity contribution in [2.45, 2.75) is 92.9 Å². The Labute approximate surface area is 316 Å². The zero-order chi connectivity index (χ0) is 31.3. The fourth-order valence-corrected chi connectivity index (χ4v) is 13.4. The van der Waals surface area contributed by atoms with E-state index in [1.807, 2.05) is 0 Å². The zero-order valence-corrected chi connectivity index (χ0v) is 33.8. The van der Waals surface area contributed by atoms with Gasteiger partial charge in [-0.05, 0) is 0 Å². The van der Waals surface area contributed by atoms with E-state index >= 15 is 0 Å². The van der Waals surface area contributed by atoms with Crippen LogP contribution in [0.5, 0.6) is 0 Å². The molecule has 0 nitrogen and oxygen atoms in total. The van der Waals surface area contributed by atoms with Crippen LogP contribution in [-0.4, -0.2) is 8.07 Å². The molecule has 1 aliphatic rings. The molecule has 0 heterocycles. The summed E-state index contributed by atoms with van der Waals surface area (Å²) < 4.78 is 1.47. The maximum absolute atomic E-state index is 2.71. The van der Waals surface area contributed by atoms with Gasteiger partial charge in [0.05, 0.1) is 0 Å². The van der Waals surface area contributed by atoms with E-state index in [2.05, 4.69) is 153 Å². The first-order valence-electron chi connectivity index (χ1n) is 17.0. The number of aryl methyl sites for hydroxylation is 6. The normalized spacial score (nSPS) is 12.6. The van der Waals surface area contributed by atoms with E-state index in [9.17, 15) is 0 Å². The summed E-state index contributed by atoms with van der Waals surface area (Å²) in [6.45, 7) is 13.9. The van der Waals surface area contributed by atoms with Gasteiger partial charge in [-0.25, -0.2) is 0 Å². The molecule has 47 heavy (non-hydrogen) atoms. The van der Waals surface area contributed by atoms with Crippen LogP contribution in [0.15, 0.2) is 106 Å². The largest absolute Gasteiger partial charge is 1.00 e. The molecule has 0 fully saturated rings. The molecule has 0 bridgehead atoms. The van der Waals surface area contributed by atoms with Crippen molar-refractivity contribution >= 4 is 23.6 Å². The number of hydrogen-bond acceptors (Lipinski definition) is 0. The fourth-order valence-electron chi connectivity index (χ4n) is 7.18. The van der Waals surface area contributed by atoms with Gasteiger partial charge in [-0.15, -0.1) is 0 Å². The van der Waals surface area contributed by atoms with E-state index in [0.717, 1.165) is 51.4 Å². The van der Waals surface area contributed by atoms with Crippen molar-refractivity contribution in [2.75, 3.05) is 0 Å². The van der Waals surface area contributed by atoms with Crippen LogP contribution in [0.4, 0.5) is 0 Å². The summed E-state index contributed by atoms with van der Waals surface area (Å²) in [7, 11) is -2.71. The first-order chi connectivity index (χ1) is 21.4. The molecule has 5 heteroatoms. The predicted octanol–water partition coefficient (Wildman–Crippen LogP) is -0.544. The Morgan fingerprint density at radius 3 is 1.15 bits per heavy atom. The summed E-state index contributed by atoms with van der Waals surface area (Å²) in [4.78, 5) is 0. The van der Waals surface area contributed by atoms with Crippen LogP contribution in [0, 0.1) is 0 Å². The molecule has 0 saturated carbocycles. The topological polar surface area (TPSA) is 0 Å². The molecule has 0 N–H and O–H groups in total. The van der Waals surface area contributed by atoms with E-state index in [0.29, 0.717) is 0 Å². The number of hydrogen-bond donors (Lipinski definition) is 0. The van der Waals surface area contributed by atoms with Crippen LogP contribution < -0.4 is 52.8 Å². The Morgan fingerprint density at radius 2 is 0.830 bits per heavy atom. The van der Waals surface area contributed by atoms with Crippen LogP contribution in [0.1, 0.15) is 86.9 Å². The molecule has 0 saturated heterocycles. The van der Waals surface area contributed by atoms with Gasteiger partial charge in [0, 0.05) is 0 Å². The molecule has 1 aliphatic carbocycles. The Balaban J connectivity index is 0.00000256. The van der Waals surface area contributed by atoms with E-state index < -0.39 is 8.07 Å². The molecule has 4 aromatic rings. The molecular formula is C42H49Cl3SiTi. The second-order valence-corrected chi connectivity index (χ2v) is 17.1. The van der Waals surface area contributed by atoms with Crippen LogP contribution in [0.3, 0.4) is 0 Å². The molecule has 5 rings (SSSR count). The third-order valence-electron chi connectivity index (χ3n) is 9.78. The smallest absolute Gasteiger partial charge is 1.00 e. The van der Waals surface area contributed by atoms with Gasteiger partial charge in [0.15, 0.2) is 0 Å². The SMILES string of the molecule is CCc1cc(CC)cc([Si](C2=C(Cc3ccccc3)[C]([Ti+3])=CC2)(c2cc(CC)cc(CC)c2)c2cc(CC)cc(CC)c2)c1.[Cl-].[Cl-].[Cl-]. The molecule has 0 aliphatic heterocycles. The Hall–Kier alpha value is -1.84. The van der Waals surface area contributed by atoms with Crippen LogP contribution >= 0.6 is 0 Å². The molecule has 0 unspecified atom stereocenters. The van der Waals surface area contributed by atoms with E-state index in [4.69, 9.17) is 0 Å². The summed E-state index contributed by atoms with van der Waals surface area (Å²) in [5, 5.41) is 6.41. The Bertz CT molecular complexity index is 1490. The third-order valence-corrected chi connectivity index (χ3v) is 15.4. The van der Waals surface area contributed by atoms with Crippen molar-refractivity contribution in [2.24, 2.45) is 0 Å². The maximum atomic E-state index is 2.61. The second-order valence-electron chi connectivity index (χ2n) is 12.4. The molecule has 0 amide bonds. The predicted molar refractivity (Wildman–Crippen MR) is 190 cm³/mol. The van der Waals surface area contributed by atoms with Crippen LogP contribution in [-0.2, 0) is 65.4 Å². The number of allylic oxidation sites excluding steroid dienone is 4. The second kappa shape index (κ2) is 18.8. The van der Waals surface area contributed by atoms with Crippen molar-refractivity contribution in [1.29, 1.82) is 0 Å². The van der Waals surface area contributed by atoms with Gasteiger partial charge in [-0.3, -0.25) is 0 Å². The van der Waals surface area contributed by atoms with E-state index in [1.165, 1.54) is 42.8 Å². The van der Waals surface area contributed by atoms with Gasteiger partial charge >= 0.3 is 282 Å². The zero-order valence-electron chi connectivity index (χ0n) is 29.0. The first-order valence-corrected chi connectivity index (χ1v) is 19.8. The minimum atomic E-state index is -2.71. The van der Waals surface area contributed by atoms with Crippen molar-refractivity contribution in [1.82, 2.24) is 0 Å². The van der Waals surface area contributed by atoms with Gasteiger partial charge in [-0.1, -0.05) is 0 Å². The van der Waals surface area contributed by atoms with Gasteiger partial charge in [0.1, 0.15) is 0 Å². The van der Waals surface area contributed by atoms with E-state index in [-0.39, 0.29) is 37.2 Å². The molecular weight excluding hydrogens is 687 g/mol. The molecule has 246 valence electrons. The van der Waals surface area contributed by atoms with Crippen molar-refractivity contribution < 1.29 is 57.7 Å². The molecule has 0 aromatic heterocycles. The Kier molecular flexibility index (Phi) is 16.5. The van der Waals surface area contributed by atoms with Gasteiger partial charge in [0.2, 0.25) is 0 Å². The molecule has 0 radical (unpaired) electrons. The summed E-state index contributed by atoms with van der Waals surface area (Å²) in [5.74, 6) is 0. The maximum Gasteiger partial charge on any atom is -1.00 e. The fraction of sp³-hybridized carbons (Fsp3) is 0.333. The van der Waals surface area contributed by atoms with Crippen molar-refractivity contribution in [3.05, 3.63) is 145 Å². The van der Waals surface area contributed by atoms with Gasteiger partial charge < -0.3 is 37.2 Å². The quantitative estimate of drug-likeness (QED) is 0.136. The van der Waals surface area contributed by atoms with Crippen LogP contribution in [0.25, 0.3) is 0 Å². The number of benzene rings is 4. The summed E-state index contributed by atoms with van der Waals surface area (Å²) in [6.07, 6.45) is 10.9. The Morgan fingerprint density at radius 1 is 0.489 bits per heavy atom. The standard InChI is InChI=1S/C42H49Si.3ClH.Ti/c1-7-31-21-32(8-2)26-39(25-31)43(40-27-33(9-3)22-34(10-4)28-40,41-29-35(11-5)23-36(12-6)30-41)42-20-16-19-38(42)24-37-17-14-13-15-18-37;;;;/h13-18,21-23,25-30H,7-12,20,24H2,1-6H3;3*1H;/q;;;;+3/p-3. The van der Waals surface area contributed by atoms with Crippen molar-refractivity contribution in [3.8, 4) is 0 Å². The first kappa shape index (κ1) is 41.3. The summed E-state index contributed by atoms with van der Waals surface area (Å²) >= 11 is 2.37. The third kappa shape index (κ3) is 8.67. The molecule has 4 aromatic carbocycles. The average molecular weight is 736 g/mol. The minimum absolute atomic E-state index is 0. The van der Waals surface area contributed by atoms with Crippen molar-refractivity contribution in [3.63, 3.8) is 0 Å².